The number of hydrogen-bond donors (Lipinski definition) is 3. The second-order valence-corrected chi connectivity index (χ2v) is 9.14. The van der Waals surface area contributed by atoms with Gasteiger partial charge in [-0.3, -0.25) is 14.2 Å². The summed E-state index contributed by atoms with van der Waals surface area (Å²) in [7, 11) is 0. The van der Waals surface area contributed by atoms with Crippen molar-refractivity contribution in [3.63, 3.8) is 0 Å². The highest BCUT2D eigenvalue weighted by Gasteiger charge is 2.38. The molecule has 4 aromatic rings. The summed E-state index contributed by atoms with van der Waals surface area (Å²) in [6.07, 6.45) is -7.78. The molecular weight excluding hydrogens is 619 g/mol. The predicted octanol–water partition coefficient (Wildman–Crippen LogP) is 4.20. The standard InChI is InChI=1S/C24H19F9N8O3/c25-13-4-12-14(5-11(13)15-6-35-18(19(34)39-15)24(31,32)33)36-9-41(21(12)43)3-1-2-10(8-44-22(26)27)38-16-7-37-40-20(42)17(16)23(28,29)30/h4-7,9-10,22H,1-3,8H2,(H2,34,39)(H2,38,40,42)/t10-/m1/s1. The zero-order chi connectivity index (χ0) is 32.4. The summed E-state index contributed by atoms with van der Waals surface area (Å²) in [5.74, 6) is -2.04. The SMILES string of the molecule is Nc1nc(-c2cc3ncn(CCC[C@H](COC(F)F)Nc4cn[nH]c(=O)c4C(F)(F)F)c(=O)c3cc2F)cnc1C(F)(F)F. The summed E-state index contributed by atoms with van der Waals surface area (Å²) >= 11 is 0. The summed E-state index contributed by atoms with van der Waals surface area (Å²) in [5.41, 5.74) is -1.61. The normalized spacial score (nSPS) is 13.0. The molecule has 0 amide bonds. The number of nitrogens with two attached hydrogens (primary N) is 1. The molecule has 0 fully saturated rings. The Hall–Kier alpha value is -4.75. The third kappa shape index (κ3) is 7.24. The van der Waals surface area contributed by atoms with Crippen LogP contribution in [0.25, 0.3) is 22.2 Å². The number of halogens is 9. The summed E-state index contributed by atoms with van der Waals surface area (Å²) < 4.78 is 124. The maximum atomic E-state index is 14.9. The number of H-pyrrole nitrogens is 1. The Bertz CT molecular complexity index is 1770. The van der Waals surface area contributed by atoms with Gasteiger partial charge in [0.05, 0.1) is 47.6 Å². The first-order valence-corrected chi connectivity index (χ1v) is 12.3. The Kier molecular flexibility index (Phi) is 9.11. The maximum absolute atomic E-state index is 14.9. The molecule has 0 aliphatic carbocycles. The van der Waals surface area contributed by atoms with Crippen molar-refractivity contribution in [3.8, 4) is 11.3 Å². The van der Waals surface area contributed by atoms with Gasteiger partial charge < -0.3 is 15.8 Å². The lowest BCUT2D eigenvalue weighted by molar-refractivity contribution is -0.140. The van der Waals surface area contributed by atoms with Crippen LogP contribution >= 0.6 is 0 Å². The molecule has 236 valence electrons. The molecule has 1 aromatic carbocycles. The first-order chi connectivity index (χ1) is 20.6. The van der Waals surface area contributed by atoms with E-state index in [0.29, 0.717) is 12.4 Å². The summed E-state index contributed by atoms with van der Waals surface area (Å²) in [4.78, 5) is 35.5. The fourth-order valence-corrected chi connectivity index (χ4v) is 4.19. The number of alkyl halides is 8. The van der Waals surface area contributed by atoms with Gasteiger partial charge in [-0.2, -0.15) is 40.2 Å². The maximum Gasteiger partial charge on any atom is 0.437 e. The van der Waals surface area contributed by atoms with Crippen LogP contribution in [0, 0.1) is 5.82 Å². The number of hydrogen-bond acceptors (Lipinski definition) is 9. The molecule has 3 aromatic heterocycles. The Morgan fingerprint density at radius 2 is 1.77 bits per heavy atom. The van der Waals surface area contributed by atoms with Crippen molar-refractivity contribution >= 4 is 22.4 Å². The molecule has 0 spiro atoms. The van der Waals surface area contributed by atoms with Gasteiger partial charge in [-0.05, 0) is 25.0 Å². The molecule has 4 rings (SSSR count). The monoisotopic (exact) mass is 638 g/mol. The Morgan fingerprint density at radius 3 is 2.41 bits per heavy atom. The minimum absolute atomic E-state index is 0.0175. The van der Waals surface area contributed by atoms with Crippen molar-refractivity contribution in [1.29, 1.82) is 0 Å². The van der Waals surface area contributed by atoms with Crippen molar-refractivity contribution < 1.29 is 44.3 Å². The highest BCUT2D eigenvalue weighted by Crippen LogP contribution is 2.33. The molecule has 0 saturated heterocycles. The topological polar surface area (TPSA) is 154 Å². The van der Waals surface area contributed by atoms with Crippen LogP contribution in [0.2, 0.25) is 0 Å². The number of rotatable bonds is 10. The number of aryl methyl sites for hydroxylation is 1. The Morgan fingerprint density at radius 1 is 1.05 bits per heavy atom. The van der Waals surface area contributed by atoms with Crippen LogP contribution in [0.1, 0.15) is 24.1 Å². The van der Waals surface area contributed by atoms with Crippen LogP contribution < -0.4 is 22.2 Å². The fourth-order valence-electron chi connectivity index (χ4n) is 4.19. The zero-order valence-corrected chi connectivity index (χ0v) is 21.8. The van der Waals surface area contributed by atoms with Gasteiger partial charge in [-0.1, -0.05) is 0 Å². The van der Waals surface area contributed by atoms with E-state index < -0.39 is 71.3 Å². The van der Waals surface area contributed by atoms with Gasteiger partial charge in [0.25, 0.3) is 11.1 Å². The highest BCUT2D eigenvalue weighted by atomic mass is 19.4. The lowest BCUT2D eigenvalue weighted by Gasteiger charge is -2.22. The molecule has 20 heteroatoms. The van der Waals surface area contributed by atoms with E-state index in [-0.39, 0.29) is 41.5 Å². The number of aromatic amines is 1. The van der Waals surface area contributed by atoms with Gasteiger partial charge in [0.15, 0.2) is 11.5 Å². The third-order valence-electron chi connectivity index (χ3n) is 6.13. The minimum atomic E-state index is -5.10. The van der Waals surface area contributed by atoms with Crippen molar-refractivity contribution in [2.24, 2.45) is 0 Å². The fraction of sp³-hybridized carbons (Fsp3) is 0.333. The van der Waals surface area contributed by atoms with Crippen LogP contribution in [-0.4, -0.2) is 49.0 Å². The van der Waals surface area contributed by atoms with Gasteiger partial charge in [0.1, 0.15) is 11.4 Å². The lowest BCUT2D eigenvalue weighted by Crippen LogP contribution is -2.32. The van der Waals surface area contributed by atoms with Crippen molar-refractivity contribution in [2.45, 2.75) is 44.4 Å². The predicted molar refractivity (Wildman–Crippen MR) is 135 cm³/mol. The molecule has 0 aliphatic rings. The van der Waals surface area contributed by atoms with E-state index in [0.717, 1.165) is 23.0 Å². The second kappa shape index (κ2) is 12.5. The van der Waals surface area contributed by atoms with Crippen LogP contribution in [0.4, 0.5) is 51.0 Å². The second-order valence-electron chi connectivity index (χ2n) is 9.14. The number of benzene rings is 1. The van der Waals surface area contributed by atoms with Crippen LogP contribution in [-0.2, 0) is 23.6 Å². The van der Waals surface area contributed by atoms with Crippen LogP contribution in [0.5, 0.6) is 0 Å². The molecule has 0 saturated carbocycles. The Balaban J connectivity index is 1.54. The van der Waals surface area contributed by atoms with Gasteiger partial charge in [0.2, 0.25) is 0 Å². The van der Waals surface area contributed by atoms with Gasteiger partial charge in [-0.15, -0.1) is 0 Å². The number of nitrogens with zero attached hydrogens (tertiary/aromatic N) is 5. The quantitative estimate of drug-likeness (QED) is 0.217. The summed E-state index contributed by atoms with van der Waals surface area (Å²) in [5, 5.41) is 7.03. The third-order valence-corrected chi connectivity index (χ3v) is 6.13. The van der Waals surface area contributed by atoms with Gasteiger partial charge in [-0.25, -0.2) is 24.4 Å². The van der Waals surface area contributed by atoms with E-state index in [9.17, 15) is 49.1 Å². The van der Waals surface area contributed by atoms with E-state index in [1.54, 1.807) is 5.10 Å². The van der Waals surface area contributed by atoms with E-state index in [1.807, 2.05) is 0 Å². The number of anilines is 2. The molecular formula is C24H19F9N8O3. The van der Waals surface area contributed by atoms with Crippen molar-refractivity contribution in [2.75, 3.05) is 17.7 Å². The van der Waals surface area contributed by atoms with E-state index in [4.69, 9.17) is 5.73 Å². The Labute approximate surface area is 238 Å². The molecule has 0 bridgehead atoms. The first-order valence-electron chi connectivity index (χ1n) is 12.3. The van der Waals surface area contributed by atoms with Crippen LogP contribution in [0.3, 0.4) is 0 Å². The average molecular weight is 638 g/mol. The molecule has 3 heterocycles. The van der Waals surface area contributed by atoms with E-state index in [2.05, 4.69) is 30.1 Å². The molecule has 0 unspecified atom stereocenters. The average Bonchev–Trinajstić information content (AvgIpc) is 2.91. The van der Waals surface area contributed by atoms with Crippen LogP contribution in [0.15, 0.2) is 40.4 Å². The number of aromatic nitrogens is 6. The van der Waals surface area contributed by atoms with E-state index >= 15 is 0 Å². The first kappa shape index (κ1) is 32.2. The molecule has 11 nitrogen and oxygen atoms in total. The highest BCUT2D eigenvalue weighted by molar-refractivity contribution is 5.83. The van der Waals surface area contributed by atoms with E-state index in [1.165, 1.54) is 0 Å². The smallest absolute Gasteiger partial charge is 0.382 e. The number of ether oxygens (including phenoxy) is 1. The largest absolute Gasteiger partial charge is 0.437 e. The van der Waals surface area contributed by atoms with Crippen molar-refractivity contribution in [1.82, 2.24) is 29.7 Å². The molecule has 0 radical (unpaired) electrons. The molecule has 44 heavy (non-hydrogen) atoms. The van der Waals surface area contributed by atoms with Gasteiger partial charge >= 0.3 is 19.0 Å². The molecule has 0 aliphatic heterocycles. The number of nitrogens with one attached hydrogen (secondary N) is 2. The number of nitrogen functional groups attached to an aromatic ring is 1. The number of fused-ring (bicyclic) bond motifs is 1. The molecule has 1 atom stereocenters. The molecule has 4 N–H and O–H groups in total. The van der Waals surface area contributed by atoms with Gasteiger partial charge in [0, 0.05) is 18.2 Å². The zero-order valence-electron chi connectivity index (χ0n) is 21.8. The minimum Gasteiger partial charge on any atom is -0.382 e. The lowest BCUT2D eigenvalue weighted by atomic mass is 10.1. The summed E-state index contributed by atoms with van der Waals surface area (Å²) in [6.45, 7) is -4.19. The summed E-state index contributed by atoms with van der Waals surface area (Å²) in [6, 6.07) is 0.642. The van der Waals surface area contributed by atoms with Crippen molar-refractivity contribution in [3.05, 3.63) is 68.6 Å².